The van der Waals surface area contributed by atoms with E-state index in [-0.39, 0.29) is 23.6 Å². The van der Waals surface area contributed by atoms with Crippen molar-refractivity contribution in [2.24, 2.45) is 5.92 Å². The molecule has 2 aromatic carbocycles. The fourth-order valence-electron chi connectivity index (χ4n) is 4.55. The second kappa shape index (κ2) is 9.89. The summed E-state index contributed by atoms with van der Waals surface area (Å²) in [6, 6.07) is 13.7. The molecule has 1 fully saturated rings. The molecule has 0 bridgehead atoms. The van der Waals surface area contributed by atoms with Gasteiger partial charge in [-0.3, -0.25) is 4.79 Å². The van der Waals surface area contributed by atoms with E-state index < -0.39 is 11.7 Å². The van der Waals surface area contributed by atoms with Crippen molar-refractivity contribution in [1.29, 1.82) is 0 Å². The van der Waals surface area contributed by atoms with Crippen LogP contribution in [0.1, 0.15) is 49.5 Å². The third-order valence-electron chi connectivity index (χ3n) is 6.49. The average molecular weight is 515 g/mol. The molecule has 2 aromatic heterocycles. The van der Waals surface area contributed by atoms with Crippen LogP contribution in [0, 0.1) is 5.92 Å². The molecule has 0 saturated heterocycles. The zero-order chi connectivity index (χ0) is 25.3. The number of nitrogens with one attached hydrogen (secondary N) is 1. The lowest BCUT2D eigenvalue weighted by molar-refractivity contribution is -0.137. The number of carbonyl (C=O) groups excluding carboxylic acids is 1. The molecule has 0 radical (unpaired) electrons. The number of nitrogens with zero attached hydrogens (tertiary/aromatic N) is 3. The number of hydrogen-bond donors (Lipinski definition) is 1. The van der Waals surface area contributed by atoms with Crippen LogP contribution in [0.2, 0.25) is 5.02 Å². The van der Waals surface area contributed by atoms with Crippen molar-refractivity contribution in [3.63, 3.8) is 0 Å². The highest BCUT2D eigenvalue weighted by atomic mass is 35.5. The lowest BCUT2D eigenvalue weighted by Gasteiger charge is -2.26. The zero-order valence-electron chi connectivity index (χ0n) is 19.1. The van der Waals surface area contributed by atoms with Gasteiger partial charge < -0.3 is 9.73 Å². The number of amides is 1. The summed E-state index contributed by atoms with van der Waals surface area (Å²) < 4.78 is 44.1. The minimum Gasteiger partial charge on any atom is -0.420 e. The van der Waals surface area contributed by atoms with Gasteiger partial charge in [-0.05, 0) is 86.2 Å². The Bertz CT molecular complexity index is 1380. The second-order valence-electron chi connectivity index (χ2n) is 9.02. The summed E-state index contributed by atoms with van der Waals surface area (Å²) in [7, 11) is 0. The van der Waals surface area contributed by atoms with E-state index in [1.807, 2.05) is 18.2 Å². The molecular weight excluding hydrogens is 493 g/mol. The Morgan fingerprint density at radius 1 is 1.00 bits per heavy atom. The molecule has 0 unspecified atom stereocenters. The number of carbonyl (C=O) groups is 1. The van der Waals surface area contributed by atoms with E-state index >= 15 is 0 Å². The van der Waals surface area contributed by atoms with Crippen LogP contribution in [0.4, 0.5) is 19.0 Å². The number of rotatable bonds is 5. The van der Waals surface area contributed by atoms with E-state index in [9.17, 15) is 18.0 Å². The molecule has 0 aliphatic heterocycles. The highest BCUT2D eigenvalue weighted by molar-refractivity contribution is 6.31. The highest BCUT2D eigenvalue weighted by Crippen LogP contribution is 2.38. The summed E-state index contributed by atoms with van der Waals surface area (Å²) >= 11 is 6.00. The van der Waals surface area contributed by atoms with Crippen LogP contribution < -0.4 is 5.32 Å². The maximum absolute atomic E-state index is 12.8. The van der Waals surface area contributed by atoms with E-state index in [0.717, 1.165) is 48.7 Å². The molecule has 4 aromatic rings. The summed E-state index contributed by atoms with van der Waals surface area (Å²) in [6.45, 7) is 0. The maximum Gasteiger partial charge on any atom is 0.416 e. The Labute approximate surface area is 209 Å². The van der Waals surface area contributed by atoms with Gasteiger partial charge in [0.2, 0.25) is 17.7 Å². The summed E-state index contributed by atoms with van der Waals surface area (Å²) in [4.78, 5) is 17.1. The Morgan fingerprint density at radius 2 is 1.75 bits per heavy atom. The molecule has 1 aliphatic carbocycles. The van der Waals surface area contributed by atoms with E-state index in [1.165, 1.54) is 12.1 Å². The third-order valence-corrected chi connectivity index (χ3v) is 6.72. The van der Waals surface area contributed by atoms with Crippen LogP contribution in [0.25, 0.3) is 22.4 Å². The van der Waals surface area contributed by atoms with Gasteiger partial charge in [0.15, 0.2) is 0 Å². The molecule has 0 atom stereocenters. The van der Waals surface area contributed by atoms with Crippen LogP contribution in [0.3, 0.4) is 0 Å². The van der Waals surface area contributed by atoms with E-state index in [2.05, 4.69) is 20.5 Å². The Balaban J connectivity index is 1.14. The minimum absolute atomic E-state index is 0.0639. The molecule has 6 nitrogen and oxygen atoms in total. The van der Waals surface area contributed by atoms with Crippen molar-refractivity contribution in [3.05, 3.63) is 71.1 Å². The highest BCUT2D eigenvalue weighted by Gasteiger charge is 2.31. The van der Waals surface area contributed by atoms with Gasteiger partial charge in [-0.15, -0.1) is 10.2 Å². The van der Waals surface area contributed by atoms with Crippen LogP contribution >= 0.6 is 11.6 Å². The van der Waals surface area contributed by atoms with E-state index in [0.29, 0.717) is 28.7 Å². The van der Waals surface area contributed by atoms with Crippen molar-refractivity contribution < 1.29 is 22.4 Å². The molecule has 2 heterocycles. The lowest BCUT2D eigenvalue weighted by atomic mass is 9.80. The van der Waals surface area contributed by atoms with Gasteiger partial charge in [-0.1, -0.05) is 11.6 Å². The largest absolute Gasteiger partial charge is 0.420 e. The van der Waals surface area contributed by atoms with Gasteiger partial charge in [0.1, 0.15) is 5.82 Å². The van der Waals surface area contributed by atoms with Crippen molar-refractivity contribution in [2.45, 2.75) is 44.2 Å². The monoisotopic (exact) mass is 514 g/mol. The molecular formula is C26H22ClF3N4O2. The molecule has 1 aliphatic rings. The summed E-state index contributed by atoms with van der Waals surface area (Å²) in [6.07, 6.45) is -0.745. The first-order chi connectivity index (χ1) is 17.2. The summed E-state index contributed by atoms with van der Waals surface area (Å²) in [5, 5.41) is 12.6. The van der Waals surface area contributed by atoms with E-state index in [4.69, 9.17) is 16.0 Å². The quantitative estimate of drug-likeness (QED) is 0.303. The average Bonchev–Trinajstić information content (AvgIpc) is 3.34. The molecule has 1 amide bonds. The first-order valence-corrected chi connectivity index (χ1v) is 12.0. The van der Waals surface area contributed by atoms with Gasteiger partial charge in [0, 0.05) is 28.3 Å². The topological polar surface area (TPSA) is 80.9 Å². The SMILES string of the molecule is O=C(CC1CCC(c2nnc(-c3ccc(C(F)(F)F)cc3)o2)CC1)Nc1ccc2cc(Cl)ccc2n1. The van der Waals surface area contributed by atoms with Crippen LogP contribution in [0.15, 0.2) is 59.0 Å². The Kier molecular flexibility index (Phi) is 6.66. The predicted molar refractivity (Wildman–Crippen MR) is 129 cm³/mol. The predicted octanol–water partition coefficient (Wildman–Crippen LogP) is 7.26. The molecule has 186 valence electrons. The lowest BCUT2D eigenvalue weighted by Crippen LogP contribution is -2.21. The summed E-state index contributed by atoms with van der Waals surface area (Å²) in [5.41, 5.74) is 0.472. The third kappa shape index (κ3) is 5.51. The van der Waals surface area contributed by atoms with Gasteiger partial charge in [0.05, 0.1) is 11.1 Å². The van der Waals surface area contributed by atoms with Gasteiger partial charge in [-0.2, -0.15) is 13.2 Å². The molecule has 36 heavy (non-hydrogen) atoms. The number of alkyl halides is 3. The smallest absolute Gasteiger partial charge is 0.416 e. The molecule has 1 N–H and O–H groups in total. The fraction of sp³-hybridized carbons (Fsp3) is 0.308. The Hall–Kier alpha value is -3.46. The first-order valence-electron chi connectivity index (χ1n) is 11.6. The second-order valence-corrected chi connectivity index (χ2v) is 9.46. The maximum atomic E-state index is 12.8. The van der Waals surface area contributed by atoms with Gasteiger partial charge >= 0.3 is 6.18 Å². The van der Waals surface area contributed by atoms with Crippen LogP contribution in [-0.4, -0.2) is 21.1 Å². The molecule has 1 saturated carbocycles. The number of aromatic nitrogens is 3. The van der Waals surface area contributed by atoms with Crippen molar-refractivity contribution in [1.82, 2.24) is 15.2 Å². The number of hydrogen-bond acceptors (Lipinski definition) is 5. The fourth-order valence-corrected chi connectivity index (χ4v) is 4.73. The number of anilines is 1. The number of fused-ring (bicyclic) bond motifs is 1. The van der Waals surface area contributed by atoms with Gasteiger partial charge in [-0.25, -0.2) is 4.98 Å². The van der Waals surface area contributed by atoms with Gasteiger partial charge in [0.25, 0.3) is 0 Å². The summed E-state index contributed by atoms with van der Waals surface area (Å²) in [5.74, 6) is 1.40. The van der Waals surface area contributed by atoms with Crippen LogP contribution in [-0.2, 0) is 11.0 Å². The zero-order valence-corrected chi connectivity index (χ0v) is 19.8. The molecule has 10 heteroatoms. The number of pyridine rings is 1. The standard InChI is InChI=1S/C26H22ClF3N4O2/c27-20-10-11-21-18(14-20)7-12-22(31-21)32-23(35)13-15-1-3-16(4-2-15)24-33-34-25(36-24)17-5-8-19(9-6-17)26(28,29)30/h5-12,14-16H,1-4,13H2,(H,31,32,35). The van der Waals surface area contributed by atoms with Crippen molar-refractivity contribution >= 4 is 34.2 Å². The van der Waals surface area contributed by atoms with Crippen molar-refractivity contribution in [2.75, 3.05) is 5.32 Å². The normalized spacial score (nSPS) is 18.3. The molecule has 5 rings (SSSR count). The minimum atomic E-state index is -4.39. The molecule has 0 spiro atoms. The number of benzene rings is 2. The Morgan fingerprint density at radius 3 is 2.47 bits per heavy atom. The van der Waals surface area contributed by atoms with Crippen LogP contribution in [0.5, 0.6) is 0 Å². The first kappa shape index (κ1) is 24.2. The van der Waals surface area contributed by atoms with E-state index in [1.54, 1.807) is 12.1 Å². The number of halogens is 4. The van der Waals surface area contributed by atoms with Crippen molar-refractivity contribution in [3.8, 4) is 11.5 Å².